The fraction of sp³-hybridized carbons (Fsp3) is 0.600. The van der Waals surface area contributed by atoms with Gasteiger partial charge in [0.2, 0.25) is 0 Å². The minimum Gasteiger partial charge on any atom is -0.380 e. The van der Waals surface area contributed by atoms with Gasteiger partial charge in [0.25, 0.3) is 0 Å². The molecule has 0 saturated heterocycles. The molecule has 1 aliphatic rings. The number of anilines is 1. The second-order valence-corrected chi connectivity index (χ2v) is 8.53. The lowest BCUT2D eigenvalue weighted by Gasteiger charge is -2.32. The molecule has 0 aliphatic heterocycles. The molecule has 2 rings (SSSR count). The summed E-state index contributed by atoms with van der Waals surface area (Å²) in [6.45, 7) is 1.69. The van der Waals surface area contributed by atoms with Gasteiger partial charge in [-0.2, -0.15) is 11.8 Å². The Bertz CT molecular complexity index is 543. The summed E-state index contributed by atoms with van der Waals surface area (Å²) in [4.78, 5) is 0.438. The summed E-state index contributed by atoms with van der Waals surface area (Å²) in [5, 5.41) is 4.06. The number of thioether (sulfide) groups is 1. The molecule has 0 amide bonds. The maximum absolute atomic E-state index is 12.2. The Hall–Kier alpha value is -0.680. The van der Waals surface area contributed by atoms with Crippen molar-refractivity contribution in [3.05, 3.63) is 24.3 Å². The number of sulfone groups is 1. The molecule has 1 saturated carbocycles. The molecule has 2 unspecified atom stereocenters. The molecule has 1 aromatic rings. The Morgan fingerprint density at radius 3 is 2.65 bits per heavy atom. The zero-order valence-electron chi connectivity index (χ0n) is 12.1. The SMILES string of the molecule is CCS(=O)(=O)c1ccccc1NC1CCCCC1SC. The molecule has 3 nitrogen and oxygen atoms in total. The first-order valence-electron chi connectivity index (χ1n) is 7.19. The van der Waals surface area contributed by atoms with Crippen LogP contribution in [0.25, 0.3) is 0 Å². The quantitative estimate of drug-likeness (QED) is 0.903. The van der Waals surface area contributed by atoms with Crippen molar-refractivity contribution in [3.63, 3.8) is 0 Å². The van der Waals surface area contributed by atoms with Crippen LogP contribution in [0.15, 0.2) is 29.2 Å². The predicted molar refractivity (Wildman–Crippen MR) is 87.4 cm³/mol. The Balaban J connectivity index is 2.25. The third kappa shape index (κ3) is 3.50. The number of nitrogens with one attached hydrogen (secondary N) is 1. The van der Waals surface area contributed by atoms with E-state index in [2.05, 4.69) is 11.6 Å². The van der Waals surface area contributed by atoms with E-state index in [1.807, 2.05) is 23.9 Å². The van der Waals surface area contributed by atoms with Crippen LogP contribution < -0.4 is 5.32 Å². The molecule has 0 spiro atoms. The number of benzene rings is 1. The summed E-state index contributed by atoms with van der Waals surface area (Å²) >= 11 is 1.88. The minimum atomic E-state index is -3.17. The van der Waals surface area contributed by atoms with Gasteiger partial charge in [0.1, 0.15) is 0 Å². The van der Waals surface area contributed by atoms with Crippen LogP contribution in [0.2, 0.25) is 0 Å². The fourth-order valence-electron chi connectivity index (χ4n) is 2.76. The average molecular weight is 313 g/mol. The first-order valence-corrected chi connectivity index (χ1v) is 10.1. The first-order chi connectivity index (χ1) is 9.58. The van der Waals surface area contributed by atoms with Crippen LogP contribution in [-0.2, 0) is 9.84 Å². The highest BCUT2D eigenvalue weighted by Gasteiger charge is 2.26. The van der Waals surface area contributed by atoms with E-state index >= 15 is 0 Å². The normalized spacial score (nSPS) is 23.5. The predicted octanol–water partition coefficient (Wildman–Crippen LogP) is 3.57. The van der Waals surface area contributed by atoms with Crippen LogP contribution in [0.1, 0.15) is 32.6 Å². The molecule has 1 aromatic carbocycles. The van der Waals surface area contributed by atoms with Crippen molar-refractivity contribution < 1.29 is 8.42 Å². The van der Waals surface area contributed by atoms with Crippen molar-refractivity contribution in [2.24, 2.45) is 0 Å². The van der Waals surface area contributed by atoms with Gasteiger partial charge < -0.3 is 5.32 Å². The highest BCUT2D eigenvalue weighted by atomic mass is 32.2. The number of hydrogen-bond acceptors (Lipinski definition) is 4. The molecule has 1 N–H and O–H groups in total. The van der Waals surface area contributed by atoms with Gasteiger partial charge in [-0.1, -0.05) is 31.9 Å². The van der Waals surface area contributed by atoms with E-state index < -0.39 is 9.84 Å². The molecule has 20 heavy (non-hydrogen) atoms. The van der Waals surface area contributed by atoms with Crippen molar-refractivity contribution in [3.8, 4) is 0 Å². The highest BCUT2D eigenvalue weighted by Crippen LogP contribution is 2.31. The Labute approximate surface area is 126 Å². The van der Waals surface area contributed by atoms with Crippen molar-refractivity contribution in [1.29, 1.82) is 0 Å². The molecule has 0 bridgehead atoms. The molecule has 2 atom stereocenters. The van der Waals surface area contributed by atoms with E-state index in [0.717, 1.165) is 12.1 Å². The van der Waals surface area contributed by atoms with Gasteiger partial charge in [-0.05, 0) is 31.2 Å². The van der Waals surface area contributed by atoms with Gasteiger partial charge in [-0.25, -0.2) is 8.42 Å². The van der Waals surface area contributed by atoms with Crippen LogP contribution in [0.4, 0.5) is 5.69 Å². The number of rotatable bonds is 5. The van der Waals surface area contributed by atoms with E-state index in [4.69, 9.17) is 0 Å². The van der Waals surface area contributed by atoms with E-state index in [1.165, 1.54) is 19.3 Å². The van der Waals surface area contributed by atoms with E-state index in [9.17, 15) is 8.42 Å². The average Bonchev–Trinajstić information content (AvgIpc) is 2.48. The maximum Gasteiger partial charge on any atom is 0.180 e. The van der Waals surface area contributed by atoms with Crippen LogP contribution in [-0.4, -0.2) is 31.7 Å². The monoisotopic (exact) mass is 313 g/mol. The van der Waals surface area contributed by atoms with Crippen molar-refractivity contribution in [2.45, 2.75) is 48.8 Å². The first kappa shape index (κ1) is 15.7. The maximum atomic E-state index is 12.2. The molecule has 0 heterocycles. The lowest BCUT2D eigenvalue weighted by atomic mass is 9.94. The summed E-state index contributed by atoms with van der Waals surface area (Å²) < 4.78 is 24.3. The summed E-state index contributed by atoms with van der Waals surface area (Å²) in [7, 11) is -3.17. The summed E-state index contributed by atoms with van der Waals surface area (Å²) in [5.41, 5.74) is 0.764. The Kier molecular flexibility index (Phi) is 5.38. The molecule has 112 valence electrons. The second-order valence-electron chi connectivity index (χ2n) is 5.21. The van der Waals surface area contributed by atoms with Gasteiger partial charge >= 0.3 is 0 Å². The largest absolute Gasteiger partial charge is 0.380 e. The number of para-hydroxylation sites is 1. The number of hydrogen-bond donors (Lipinski definition) is 1. The molecule has 0 aromatic heterocycles. The van der Waals surface area contributed by atoms with Gasteiger partial charge in [-0.15, -0.1) is 0 Å². The van der Waals surface area contributed by atoms with E-state index in [1.54, 1.807) is 19.1 Å². The zero-order valence-corrected chi connectivity index (χ0v) is 13.8. The molecule has 1 fully saturated rings. The third-order valence-electron chi connectivity index (χ3n) is 3.95. The van der Waals surface area contributed by atoms with Gasteiger partial charge in [0, 0.05) is 11.3 Å². The lowest BCUT2D eigenvalue weighted by molar-refractivity contribution is 0.474. The van der Waals surface area contributed by atoms with Crippen LogP contribution in [0.5, 0.6) is 0 Å². The molecular weight excluding hydrogens is 290 g/mol. The van der Waals surface area contributed by atoms with Gasteiger partial charge in [-0.3, -0.25) is 0 Å². The fourth-order valence-corrected chi connectivity index (χ4v) is 4.75. The minimum absolute atomic E-state index is 0.141. The Morgan fingerprint density at radius 2 is 1.95 bits per heavy atom. The van der Waals surface area contributed by atoms with Crippen molar-refractivity contribution >= 4 is 27.3 Å². The topological polar surface area (TPSA) is 46.2 Å². The van der Waals surface area contributed by atoms with Crippen molar-refractivity contribution in [2.75, 3.05) is 17.3 Å². The van der Waals surface area contributed by atoms with Crippen LogP contribution in [0.3, 0.4) is 0 Å². The lowest BCUT2D eigenvalue weighted by Crippen LogP contribution is -2.34. The van der Waals surface area contributed by atoms with Gasteiger partial charge in [0.15, 0.2) is 9.84 Å². The molecular formula is C15H23NO2S2. The molecule has 1 aliphatic carbocycles. The standard InChI is InChI=1S/C15H23NO2S2/c1-3-20(17,18)15-11-7-5-9-13(15)16-12-8-4-6-10-14(12)19-2/h5,7,9,11-12,14,16H,3-4,6,8,10H2,1-2H3. The summed E-state index contributed by atoms with van der Waals surface area (Å²) in [5.74, 6) is 0.141. The van der Waals surface area contributed by atoms with Gasteiger partial charge in [0.05, 0.1) is 16.3 Å². The Morgan fingerprint density at radius 1 is 1.25 bits per heavy atom. The van der Waals surface area contributed by atoms with Crippen LogP contribution >= 0.6 is 11.8 Å². The third-order valence-corrected chi connectivity index (χ3v) is 6.90. The van der Waals surface area contributed by atoms with Crippen molar-refractivity contribution in [1.82, 2.24) is 0 Å². The van der Waals surface area contributed by atoms with E-state index in [-0.39, 0.29) is 5.75 Å². The van der Waals surface area contributed by atoms with Crippen LogP contribution in [0, 0.1) is 0 Å². The molecule has 0 radical (unpaired) electrons. The molecule has 5 heteroatoms. The summed E-state index contributed by atoms with van der Waals surface area (Å²) in [6.07, 6.45) is 6.96. The zero-order chi connectivity index (χ0) is 14.6. The van der Waals surface area contributed by atoms with E-state index in [0.29, 0.717) is 16.2 Å². The summed E-state index contributed by atoms with van der Waals surface area (Å²) in [6, 6.07) is 7.65. The second kappa shape index (κ2) is 6.85. The smallest absolute Gasteiger partial charge is 0.180 e. The highest BCUT2D eigenvalue weighted by molar-refractivity contribution is 7.99.